The maximum atomic E-state index is 4.78. The van der Waals surface area contributed by atoms with Crippen molar-refractivity contribution >= 4 is 43.6 Å². The lowest BCUT2D eigenvalue weighted by Crippen LogP contribution is -1.96. The van der Waals surface area contributed by atoms with Gasteiger partial charge in [0.2, 0.25) is 0 Å². The summed E-state index contributed by atoms with van der Waals surface area (Å²) >= 11 is 0. The number of fused-ring (bicyclic) bond motifs is 9. The van der Waals surface area contributed by atoms with Gasteiger partial charge in [-0.25, -0.2) is 0 Å². The molecule has 0 unspecified atom stereocenters. The van der Waals surface area contributed by atoms with Crippen LogP contribution in [-0.4, -0.2) is 24.3 Å². The molecule has 4 heterocycles. The summed E-state index contributed by atoms with van der Waals surface area (Å²) in [5, 5.41) is 14.2. The standard InChI is InChI=1S/C46H29N5/c1-3-11-31(12-4-1)50-42-17-9-7-15-33(42)36-23-29(19-21-44(36)50)39-26-47-27-40-35(39)25-38-41(40)28-48-49-46(38)30-20-22-45-37(24-30)34-16-8-10-18-43(34)51(45)32-13-5-2-6-14-32/h1-24,26-28H,25H2. The summed E-state index contributed by atoms with van der Waals surface area (Å²) in [6.45, 7) is 0. The number of hydrogen-bond acceptors (Lipinski definition) is 3. The topological polar surface area (TPSA) is 48.5 Å². The monoisotopic (exact) mass is 651 g/mol. The minimum absolute atomic E-state index is 0.765. The molecule has 0 saturated carbocycles. The summed E-state index contributed by atoms with van der Waals surface area (Å²) in [5.74, 6) is 0. The number of rotatable bonds is 4. The molecule has 0 radical (unpaired) electrons. The molecule has 0 fully saturated rings. The van der Waals surface area contributed by atoms with Crippen LogP contribution in [0.3, 0.4) is 0 Å². The zero-order valence-electron chi connectivity index (χ0n) is 27.5. The Labute approximate surface area is 293 Å². The molecule has 4 aromatic heterocycles. The van der Waals surface area contributed by atoms with E-state index < -0.39 is 0 Å². The average Bonchev–Trinajstić information content (AvgIpc) is 3.86. The van der Waals surface area contributed by atoms with Gasteiger partial charge in [0, 0.05) is 74.0 Å². The van der Waals surface area contributed by atoms with Crippen LogP contribution in [-0.2, 0) is 6.42 Å². The summed E-state index contributed by atoms with van der Waals surface area (Å²) in [6.07, 6.45) is 6.69. The average molecular weight is 652 g/mol. The van der Waals surface area contributed by atoms with Crippen molar-refractivity contribution in [2.24, 2.45) is 0 Å². The number of aromatic nitrogens is 5. The minimum Gasteiger partial charge on any atom is -0.309 e. The molecule has 10 aromatic rings. The van der Waals surface area contributed by atoms with E-state index in [0.717, 1.165) is 51.3 Å². The molecule has 6 aromatic carbocycles. The predicted molar refractivity (Wildman–Crippen MR) is 208 cm³/mol. The van der Waals surface area contributed by atoms with Crippen molar-refractivity contribution < 1.29 is 0 Å². The van der Waals surface area contributed by atoms with E-state index in [1.54, 1.807) is 0 Å². The molecular weight excluding hydrogens is 623 g/mol. The van der Waals surface area contributed by atoms with Gasteiger partial charge in [0.05, 0.1) is 34.0 Å². The molecule has 0 amide bonds. The molecule has 5 nitrogen and oxygen atoms in total. The third-order valence-electron chi connectivity index (χ3n) is 10.6. The number of nitrogens with zero attached hydrogens (tertiary/aromatic N) is 5. The summed E-state index contributed by atoms with van der Waals surface area (Å²) in [5.41, 5.74) is 16.1. The zero-order valence-corrected chi connectivity index (χ0v) is 27.5. The van der Waals surface area contributed by atoms with E-state index in [1.165, 1.54) is 54.7 Å². The van der Waals surface area contributed by atoms with Crippen LogP contribution in [0.15, 0.2) is 164 Å². The maximum absolute atomic E-state index is 4.78. The Hall–Kier alpha value is -6.85. The van der Waals surface area contributed by atoms with Crippen molar-refractivity contribution in [2.75, 3.05) is 0 Å². The summed E-state index contributed by atoms with van der Waals surface area (Å²) < 4.78 is 4.70. The first-order valence-corrected chi connectivity index (χ1v) is 17.3. The van der Waals surface area contributed by atoms with Crippen LogP contribution in [0.4, 0.5) is 0 Å². The van der Waals surface area contributed by atoms with Gasteiger partial charge in [0.15, 0.2) is 0 Å². The Morgan fingerprint density at radius 1 is 0.412 bits per heavy atom. The van der Waals surface area contributed by atoms with E-state index in [9.17, 15) is 0 Å². The molecular formula is C46H29N5. The fraction of sp³-hybridized carbons (Fsp3) is 0.0217. The molecule has 0 N–H and O–H groups in total. The van der Waals surface area contributed by atoms with Crippen LogP contribution in [0.2, 0.25) is 0 Å². The molecule has 0 spiro atoms. The SMILES string of the molecule is c1ccc(-n2c3ccccc3c3cc(-c4cncc5c4Cc4c-5cnnc4-c4ccc5c(c4)c4ccccc4n5-c4ccccc4)ccc32)cc1. The maximum Gasteiger partial charge on any atom is 0.0971 e. The first kappa shape index (κ1) is 28.0. The number of pyridine rings is 1. The van der Waals surface area contributed by atoms with Crippen molar-refractivity contribution in [3.05, 3.63) is 175 Å². The van der Waals surface area contributed by atoms with Gasteiger partial charge in [0.1, 0.15) is 0 Å². The Balaban J connectivity index is 1.04. The molecule has 11 rings (SSSR count). The van der Waals surface area contributed by atoms with E-state index >= 15 is 0 Å². The van der Waals surface area contributed by atoms with Crippen molar-refractivity contribution in [2.45, 2.75) is 6.42 Å². The summed E-state index contributed by atoms with van der Waals surface area (Å²) in [7, 11) is 0. The highest BCUT2D eigenvalue weighted by atomic mass is 15.1. The van der Waals surface area contributed by atoms with E-state index in [1.807, 2.05) is 18.6 Å². The van der Waals surface area contributed by atoms with Crippen molar-refractivity contribution in [3.63, 3.8) is 0 Å². The molecule has 0 atom stereocenters. The Bertz CT molecular complexity index is 2790. The fourth-order valence-electron chi connectivity index (χ4n) is 8.36. The first-order valence-electron chi connectivity index (χ1n) is 17.3. The molecule has 1 aliphatic carbocycles. The number of para-hydroxylation sites is 4. The highest BCUT2D eigenvalue weighted by Crippen LogP contribution is 2.45. The summed E-state index contributed by atoms with van der Waals surface area (Å²) in [6, 6.07) is 52.0. The second kappa shape index (κ2) is 10.8. The van der Waals surface area contributed by atoms with E-state index in [0.29, 0.717) is 0 Å². The highest BCUT2D eigenvalue weighted by Gasteiger charge is 2.27. The fourth-order valence-corrected chi connectivity index (χ4v) is 8.36. The lowest BCUT2D eigenvalue weighted by molar-refractivity contribution is 1.02. The molecule has 0 saturated heterocycles. The van der Waals surface area contributed by atoms with Crippen molar-refractivity contribution in [1.29, 1.82) is 0 Å². The van der Waals surface area contributed by atoms with Gasteiger partial charge < -0.3 is 9.13 Å². The Morgan fingerprint density at radius 2 is 0.922 bits per heavy atom. The van der Waals surface area contributed by atoms with Gasteiger partial charge in [-0.1, -0.05) is 84.9 Å². The minimum atomic E-state index is 0.765. The molecule has 5 heteroatoms. The first-order chi connectivity index (χ1) is 25.3. The van der Waals surface area contributed by atoms with Crippen LogP contribution >= 0.6 is 0 Å². The molecule has 51 heavy (non-hydrogen) atoms. The van der Waals surface area contributed by atoms with Gasteiger partial charge in [-0.2, -0.15) is 10.2 Å². The normalized spacial score (nSPS) is 12.2. The van der Waals surface area contributed by atoms with E-state index in [4.69, 9.17) is 10.1 Å². The third-order valence-corrected chi connectivity index (χ3v) is 10.6. The van der Waals surface area contributed by atoms with Gasteiger partial charge in [0.25, 0.3) is 0 Å². The number of hydrogen-bond donors (Lipinski definition) is 0. The lowest BCUT2D eigenvalue weighted by Gasteiger charge is -2.10. The van der Waals surface area contributed by atoms with E-state index in [-0.39, 0.29) is 0 Å². The van der Waals surface area contributed by atoms with Crippen molar-refractivity contribution in [3.8, 4) is 44.9 Å². The van der Waals surface area contributed by atoms with Crippen LogP contribution < -0.4 is 0 Å². The largest absolute Gasteiger partial charge is 0.309 e. The van der Waals surface area contributed by atoms with E-state index in [2.05, 4.69) is 160 Å². The zero-order chi connectivity index (χ0) is 33.5. The Kier molecular flexibility index (Phi) is 5.95. The predicted octanol–water partition coefficient (Wildman–Crippen LogP) is 11.0. The molecule has 1 aliphatic rings. The van der Waals surface area contributed by atoms with Crippen LogP contribution in [0, 0.1) is 0 Å². The van der Waals surface area contributed by atoms with Crippen LogP contribution in [0.1, 0.15) is 11.1 Å². The quantitative estimate of drug-likeness (QED) is 0.190. The second-order valence-electron chi connectivity index (χ2n) is 13.3. The molecule has 0 bridgehead atoms. The van der Waals surface area contributed by atoms with Gasteiger partial charge in [-0.05, 0) is 77.4 Å². The summed E-state index contributed by atoms with van der Waals surface area (Å²) in [4.78, 5) is 4.78. The van der Waals surface area contributed by atoms with Crippen LogP contribution in [0.5, 0.6) is 0 Å². The number of benzene rings is 6. The lowest BCUT2D eigenvalue weighted by atomic mass is 9.97. The third kappa shape index (κ3) is 4.12. The highest BCUT2D eigenvalue weighted by molar-refractivity contribution is 6.12. The van der Waals surface area contributed by atoms with Gasteiger partial charge in [-0.3, -0.25) is 4.98 Å². The van der Waals surface area contributed by atoms with Gasteiger partial charge >= 0.3 is 0 Å². The molecule has 0 aliphatic heterocycles. The smallest absolute Gasteiger partial charge is 0.0971 e. The molecule has 238 valence electrons. The van der Waals surface area contributed by atoms with Gasteiger partial charge in [-0.15, -0.1) is 0 Å². The second-order valence-corrected chi connectivity index (χ2v) is 13.3. The van der Waals surface area contributed by atoms with Crippen LogP contribution in [0.25, 0.3) is 88.5 Å². The Morgan fingerprint density at radius 3 is 1.57 bits per heavy atom. The van der Waals surface area contributed by atoms with Crippen molar-refractivity contribution in [1.82, 2.24) is 24.3 Å².